The van der Waals surface area contributed by atoms with E-state index in [4.69, 9.17) is 0 Å². The molecule has 102 valence electrons. The molecule has 21 heavy (non-hydrogen) atoms. The van der Waals surface area contributed by atoms with Gasteiger partial charge in [0.1, 0.15) is 0 Å². The molecule has 0 N–H and O–H groups in total. The molecule has 0 aliphatic rings. The number of hydrogen-bond donors (Lipinski definition) is 0. The summed E-state index contributed by atoms with van der Waals surface area (Å²) >= 11 is 0. The lowest BCUT2D eigenvalue weighted by Crippen LogP contribution is -1.92. The predicted molar refractivity (Wildman–Crippen MR) is 84.6 cm³/mol. The van der Waals surface area contributed by atoms with Crippen LogP contribution in [0.5, 0.6) is 0 Å². The molecule has 3 nitrogen and oxygen atoms in total. The number of rotatable bonds is 3. The fourth-order valence-electron chi connectivity index (χ4n) is 2.15. The third-order valence-electron chi connectivity index (χ3n) is 3.32. The Bertz CT molecular complexity index is 779. The molecule has 3 heteroatoms. The highest BCUT2D eigenvalue weighted by Gasteiger charge is 2.06. The lowest BCUT2D eigenvalue weighted by molar-refractivity contribution is 1.22. The largest absolute Gasteiger partial charge is 0.265 e. The third kappa shape index (κ3) is 2.87. The topological polar surface area (TPSA) is 38.7 Å². The van der Waals surface area contributed by atoms with Crippen molar-refractivity contribution < 1.29 is 0 Å². The molecule has 3 heterocycles. The third-order valence-corrected chi connectivity index (χ3v) is 3.32. The van der Waals surface area contributed by atoms with Crippen LogP contribution >= 0.6 is 0 Å². The van der Waals surface area contributed by atoms with Gasteiger partial charge >= 0.3 is 0 Å². The molecule has 3 rings (SSSR count). The van der Waals surface area contributed by atoms with Crippen molar-refractivity contribution >= 4 is 5.57 Å². The number of pyridine rings is 3. The van der Waals surface area contributed by atoms with Crippen LogP contribution in [0.3, 0.4) is 0 Å². The minimum atomic E-state index is 0.853. The zero-order valence-corrected chi connectivity index (χ0v) is 11.8. The van der Waals surface area contributed by atoms with Crippen molar-refractivity contribution in [2.75, 3.05) is 0 Å². The van der Waals surface area contributed by atoms with Crippen LogP contribution in [-0.4, -0.2) is 15.0 Å². The Morgan fingerprint density at radius 3 is 2.14 bits per heavy atom. The van der Waals surface area contributed by atoms with Crippen molar-refractivity contribution in [1.29, 1.82) is 0 Å². The average molecular weight is 273 g/mol. The van der Waals surface area contributed by atoms with Crippen molar-refractivity contribution in [2.24, 2.45) is 0 Å². The van der Waals surface area contributed by atoms with E-state index < -0.39 is 0 Å². The van der Waals surface area contributed by atoms with E-state index in [9.17, 15) is 0 Å². The monoisotopic (exact) mass is 273 g/mol. The summed E-state index contributed by atoms with van der Waals surface area (Å²) in [6.45, 7) is 6.22. The van der Waals surface area contributed by atoms with E-state index in [2.05, 4.69) is 21.5 Å². The van der Waals surface area contributed by atoms with Gasteiger partial charge in [0, 0.05) is 24.8 Å². The molecule has 3 aromatic heterocycles. The van der Waals surface area contributed by atoms with Gasteiger partial charge in [0.15, 0.2) is 0 Å². The van der Waals surface area contributed by atoms with Crippen molar-refractivity contribution in [1.82, 2.24) is 15.0 Å². The Labute approximate surface area is 124 Å². The van der Waals surface area contributed by atoms with Gasteiger partial charge in [0.2, 0.25) is 0 Å². The van der Waals surface area contributed by atoms with Gasteiger partial charge in [0.25, 0.3) is 0 Å². The molecule has 0 unspecified atom stereocenters. The van der Waals surface area contributed by atoms with Gasteiger partial charge in [-0.1, -0.05) is 6.58 Å². The van der Waals surface area contributed by atoms with Crippen LogP contribution < -0.4 is 0 Å². The Balaban J connectivity index is 1.99. The zero-order chi connectivity index (χ0) is 14.7. The van der Waals surface area contributed by atoms with Crippen LogP contribution in [0.1, 0.15) is 16.7 Å². The van der Waals surface area contributed by atoms with E-state index in [0.29, 0.717) is 0 Å². The fourth-order valence-corrected chi connectivity index (χ4v) is 2.15. The summed E-state index contributed by atoms with van der Waals surface area (Å²) in [5.74, 6) is 0. The smallest absolute Gasteiger partial charge is 0.0892 e. The van der Waals surface area contributed by atoms with Gasteiger partial charge in [0.05, 0.1) is 11.4 Å². The first-order valence-corrected chi connectivity index (χ1v) is 6.73. The van der Waals surface area contributed by atoms with E-state index in [-0.39, 0.29) is 0 Å². The Morgan fingerprint density at radius 1 is 0.810 bits per heavy atom. The number of aryl methyl sites for hydroxylation is 1. The molecule has 0 saturated carbocycles. The molecule has 0 amide bonds. The molecular weight excluding hydrogens is 258 g/mol. The van der Waals surface area contributed by atoms with Gasteiger partial charge in [-0.2, -0.15) is 0 Å². The first kappa shape index (κ1) is 13.2. The van der Waals surface area contributed by atoms with Crippen LogP contribution in [0.4, 0.5) is 0 Å². The summed E-state index contributed by atoms with van der Waals surface area (Å²) in [6, 6.07) is 11.9. The van der Waals surface area contributed by atoms with E-state index in [0.717, 1.165) is 28.1 Å². The molecule has 0 aliphatic carbocycles. The van der Waals surface area contributed by atoms with Crippen molar-refractivity contribution in [3.63, 3.8) is 0 Å². The molecule has 0 bridgehead atoms. The minimum Gasteiger partial charge on any atom is -0.265 e. The molecule has 0 aromatic carbocycles. The summed E-state index contributed by atoms with van der Waals surface area (Å²) in [5, 5.41) is 0. The lowest BCUT2D eigenvalue weighted by Gasteiger charge is -2.08. The lowest BCUT2D eigenvalue weighted by atomic mass is 10.0. The second kappa shape index (κ2) is 5.67. The highest BCUT2D eigenvalue weighted by molar-refractivity contribution is 5.79. The van der Waals surface area contributed by atoms with Crippen LogP contribution in [-0.2, 0) is 0 Å². The highest BCUT2D eigenvalue weighted by atomic mass is 14.8. The number of nitrogens with zero attached hydrogens (tertiary/aromatic N) is 3. The van der Waals surface area contributed by atoms with Crippen molar-refractivity contribution in [3.8, 4) is 11.4 Å². The minimum absolute atomic E-state index is 0.853. The molecule has 0 aliphatic heterocycles. The van der Waals surface area contributed by atoms with Crippen molar-refractivity contribution in [3.05, 3.63) is 84.5 Å². The normalized spacial score (nSPS) is 10.3. The first-order chi connectivity index (χ1) is 10.2. The molecule has 0 radical (unpaired) electrons. The molecular formula is C18H15N3. The molecule has 0 fully saturated rings. The second-order valence-electron chi connectivity index (χ2n) is 4.86. The molecule has 0 atom stereocenters. The quantitative estimate of drug-likeness (QED) is 0.726. The predicted octanol–water partition coefficient (Wildman–Crippen LogP) is 3.91. The summed E-state index contributed by atoms with van der Waals surface area (Å²) in [4.78, 5) is 12.8. The zero-order valence-electron chi connectivity index (χ0n) is 11.8. The Hall–Kier alpha value is -2.81. The van der Waals surface area contributed by atoms with E-state index in [1.807, 2.05) is 43.3 Å². The van der Waals surface area contributed by atoms with E-state index in [1.54, 1.807) is 24.8 Å². The summed E-state index contributed by atoms with van der Waals surface area (Å²) in [5.41, 5.74) is 5.94. The summed E-state index contributed by atoms with van der Waals surface area (Å²) in [6.07, 6.45) is 7.13. The van der Waals surface area contributed by atoms with Crippen LogP contribution in [0.15, 0.2) is 67.8 Å². The Kier molecular flexibility index (Phi) is 3.56. The standard InChI is InChI=1S/C18H15N3/c1-13-3-9-20-17(11-13)18-12-16(6-10-21-18)14(2)15-4-7-19-8-5-15/h3-12H,2H2,1H3. The second-order valence-corrected chi connectivity index (χ2v) is 4.86. The summed E-state index contributed by atoms with van der Waals surface area (Å²) < 4.78 is 0. The van der Waals surface area contributed by atoms with Crippen LogP contribution in [0.25, 0.3) is 17.0 Å². The maximum absolute atomic E-state index is 4.41. The highest BCUT2D eigenvalue weighted by Crippen LogP contribution is 2.24. The van der Waals surface area contributed by atoms with Gasteiger partial charge in [-0.05, 0) is 65.6 Å². The van der Waals surface area contributed by atoms with Gasteiger partial charge in [-0.3, -0.25) is 15.0 Å². The summed E-state index contributed by atoms with van der Waals surface area (Å²) in [7, 11) is 0. The van der Waals surface area contributed by atoms with Crippen molar-refractivity contribution in [2.45, 2.75) is 6.92 Å². The molecule has 3 aromatic rings. The van der Waals surface area contributed by atoms with E-state index in [1.165, 1.54) is 5.56 Å². The van der Waals surface area contributed by atoms with Crippen LogP contribution in [0.2, 0.25) is 0 Å². The molecule has 0 saturated heterocycles. The fraction of sp³-hybridized carbons (Fsp3) is 0.0556. The maximum atomic E-state index is 4.41. The average Bonchev–Trinajstić information content (AvgIpc) is 2.55. The number of aromatic nitrogens is 3. The first-order valence-electron chi connectivity index (χ1n) is 6.73. The van der Waals surface area contributed by atoms with Gasteiger partial charge in [-0.25, -0.2) is 0 Å². The maximum Gasteiger partial charge on any atom is 0.0892 e. The SMILES string of the molecule is C=C(c1ccncc1)c1ccnc(-c2cc(C)ccn2)c1. The van der Waals surface area contributed by atoms with Gasteiger partial charge < -0.3 is 0 Å². The Morgan fingerprint density at radius 2 is 1.43 bits per heavy atom. The van der Waals surface area contributed by atoms with Crippen LogP contribution in [0, 0.1) is 6.92 Å². The number of hydrogen-bond acceptors (Lipinski definition) is 3. The van der Waals surface area contributed by atoms with E-state index >= 15 is 0 Å². The molecule has 0 spiro atoms. The van der Waals surface area contributed by atoms with Gasteiger partial charge in [-0.15, -0.1) is 0 Å².